The molecule has 118 valence electrons. The van der Waals surface area contributed by atoms with Gasteiger partial charge in [-0.15, -0.1) is 0 Å². The van der Waals surface area contributed by atoms with Gasteiger partial charge in [0.25, 0.3) is 0 Å². The summed E-state index contributed by atoms with van der Waals surface area (Å²) >= 11 is 0. The topological polar surface area (TPSA) is 0 Å². The molecule has 0 N–H and O–H groups in total. The van der Waals surface area contributed by atoms with Crippen LogP contribution in [-0.4, -0.2) is 0 Å². The molecule has 1 heteroatoms. The summed E-state index contributed by atoms with van der Waals surface area (Å²) < 4.78 is 13.3. The third-order valence-corrected chi connectivity index (χ3v) is 5.71. The van der Waals surface area contributed by atoms with Crippen LogP contribution in [0.15, 0.2) is 24.3 Å². The van der Waals surface area contributed by atoms with Crippen LogP contribution in [0.25, 0.3) is 0 Å². The second kappa shape index (κ2) is 7.96. The van der Waals surface area contributed by atoms with Crippen LogP contribution in [0.5, 0.6) is 0 Å². The zero-order valence-electron chi connectivity index (χ0n) is 13.9. The van der Waals surface area contributed by atoms with Gasteiger partial charge >= 0.3 is 0 Å². The van der Waals surface area contributed by atoms with Crippen molar-refractivity contribution in [3.05, 3.63) is 35.6 Å². The molecule has 2 rings (SSSR count). The van der Waals surface area contributed by atoms with Crippen molar-refractivity contribution >= 4 is 0 Å². The predicted octanol–water partition coefficient (Wildman–Crippen LogP) is 6.56. The molecular formula is C20H31F. The molecule has 1 aliphatic rings. The summed E-state index contributed by atoms with van der Waals surface area (Å²) in [7, 11) is 0. The van der Waals surface area contributed by atoms with Crippen LogP contribution in [-0.2, 0) is 0 Å². The Morgan fingerprint density at radius 2 is 1.81 bits per heavy atom. The maximum atomic E-state index is 13.3. The highest BCUT2D eigenvalue weighted by Gasteiger charge is 2.26. The van der Waals surface area contributed by atoms with E-state index in [4.69, 9.17) is 0 Å². The Bertz CT molecular complexity index is 418. The minimum Gasteiger partial charge on any atom is -0.207 e. The van der Waals surface area contributed by atoms with Crippen molar-refractivity contribution in [2.45, 2.75) is 71.6 Å². The van der Waals surface area contributed by atoms with Gasteiger partial charge in [0.1, 0.15) is 5.82 Å². The van der Waals surface area contributed by atoms with Crippen molar-refractivity contribution in [1.82, 2.24) is 0 Å². The zero-order chi connectivity index (χ0) is 15.2. The van der Waals surface area contributed by atoms with E-state index in [0.717, 1.165) is 17.8 Å². The zero-order valence-corrected chi connectivity index (χ0v) is 13.9. The minimum atomic E-state index is -0.0865. The summed E-state index contributed by atoms with van der Waals surface area (Å²) in [5.74, 6) is 3.11. The highest BCUT2D eigenvalue weighted by Crippen LogP contribution is 2.40. The Balaban J connectivity index is 1.80. The average molecular weight is 290 g/mol. The van der Waals surface area contributed by atoms with Gasteiger partial charge in [-0.05, 0) is 67.1 Å². The molecular weight excluding hydrogens is 259 g/mol. The standard InChI is InChI=1S/C20H31F/c1-4-15(2)8-9-16(3)17-10-12-18(13-11-17)19-6-5-7-20(21)14-19/h5-7,14-18H,4,8-13H2,1-3H3. The fraction of sp³-hybridized carbons (Fsp3) is 0.700. The Kier molecular flexibility index (Phi) is 6.26. The van der Waals surface area contributed by atoms with E-state index < -0.39 is 0 Å². The van der Waals surface area contributed by atoms with E-state index in [2.05, 4.69) is 26.8 Å². The molecule has 0 radical (unpaired) electrons. The van der Waals surface area contributed by atoms with E-state index in [0.29, 0.717) is 5.92 Å². The molecule has 0 nitrogen and oxygen atoms in total. The monoisotopic (exact) mass is 290 g/mol. The van der Waals surface area contributed by atoms with E-state index >= 15 is 0 Å². The molecule has 2 unspecified atom stereocenters. The fourth-order valence-corrected chi connectivity index (χ4v) is 3.77. The van der Waals surface area contributed by atoms with Gasteiger partial charge in [0.15, 0.2) is 0 Å². The van der Waals surface area contributed by atoms with Gasteiger partial charge < -0.3 is 0 Å². The van der Waals surface area contributed by atoms with Gasteiger partial charge in [-0.1, -0.05) is 52.2 Å². The SMILES string of the molecule is CCC(C)CCC(C)C1CCC(c2cccc(F)c2)CC1. The van der Waals surface area contributed by atoms with Crippen LogP contribution in [0.4, 0.5) is 4.39 Å². The first-order chi connectivity index (χ1) is 10.1. The molecule has 1 fully saturated rings. The first kappa shape index (κ1) is 16.5. The molecule has 1 aromatic carbocycles. The highest BCUT2D eigenvalue weighted by molar-refractivity contribution is 5.21. The van der Waals surface area contributed by atoms with Gasteiger partial charge in [0.2, 0.25) is 0 Å². The Morgan fingerprint density at radius 3 is 2.43 bits per heavy atom. The number of hydrogen-bond donors (Lipinski definition) is 0. The van der Waals surface area contributed by atoms with Crippen molar-refractivity contribution in [3.63, 3.8) is 0 Å². The van der Waals surface area contributed by atoms with Crippen molar-refractivity contribution in [2.75, 3.05) is 0 Å². The summed E-state index contributed by atoms with van der Waals surface area (Å²) in [5.41, 5.74) is 1.21. The van der Waals surface area contributed by atoms with E-state index in [9.17, 15) is 4.39 Å². The lowest BCUT2D eigenvalue weighted by Crippen LogP contribution is -2.20. The van der Waals surface area contributed by atoms with E-state index in [1.165, 1.54) is 50.5 Å². The Morgan fingerprint density at radius 1 is 1.10 bits per heavy atom. The van der Waals surface area contributed by atoms with Gasteiger partial charge in [-0.25, -0.2) is 4.39 Å². The predicted molar refractivity (Wildman–Crippen MR) is 89.0 cm³/mol. The largest absolute Gasteiger partial charge is 0.207 e. The second-order valence-corrected chi connectivity index (χ2v) is 7.23. The lowest BCUT2D eigenvalue weighted by molar-refractivity contribution is 0.225. The maximum absolute atomic E-state index is 13.3. The number of halogens is 1. The molecule has 0 heterocycles. The second-order valence-electron chi connectivity index (χ2n) is 7.23. The van der Waals surface area contributed by atoms with Gasteiger partial charge in [-0.3, -0.25) is 0 Å². The molecule has 0 saturated heterocycles. The molecule has 2 atom stereocenters. The third kappa shape index (κ3) is 4.83. The van der Waals surface area contributed by atoms with Crippen molar-refractivity contribution < 1.29 is 4.39 Å². The molecule has 0 aromatic heterocycles. The smallest absolute Gasteiger partial charge is 0.123 e. The van der Waals surface area contributed by atoms with E-state index in [1.807, 2.05) is 6.07 Å². The fourth-order valence-electron chi connectivity index (χ4n) is 3.77. The number of benzene rings is 1. The molecule has 1 aromatic rings. The summed E-state index contributed by atoms with van der Waals surface area (Å²) in [5, 5.41) is 0. The van der Waals surface area contributed by atoms with Gasteiger partial charge in [0.05, 0.1) is 0 Å². The van der Waals surface area contributed by atoms with Crippen LogP contribution < -0.4 is 0 Å². The summed E-state index contributed by atoms with van der Waals surface area (Å²) in [6.07, 6.45) is 9.18. The van der Waals surface area contributed by atoms with E-state index in [1.54, 1.807) is 12.1 Å². The van der Waals surface area contributed by atoms with Crippen molar-refractivity contribution in [3.8, 4) is 0 Å². The summed E-state index contributed by atoms with van der Waals surface area (Å²) in [6.45, 7) is 7.10. The van der Waals surface area contributed by atoms with Crippen molar-refractivity contribution in [2.24, 2.45) is 17.8 Å². The van der Waals surface area contributed by atoms with Crippen LogP contribution in [0.2, 0.25) is 0 Å². The van der Waals surface area contributed by atoms with Crippen LogP contribution in [0.3, 0.4) is 0 Å². The average Bonchev–Trinajstić information content (AvgIpc) is 2.52. The Labute approximate surface area is 130 Å². The molecule has 0 amide bonds. The number of rotatable bonds is 6. The minimum absolute atomic E-state index is 0.0865. The van der Waals surface area contributed by atoms with Crippen LogP contribution >= 0.6 is 0 Å². The molecule has 0 bridgehead atoms. The van der Waals surface area contributed by atoms with Gasteiger partial charge in [0, 0.05) is 0 Å². The lowest BCUT2D eigenvalue weighted by atomic mass is 9.73. The molecule has 21 heavy (non-hydrogen) atoms. The maximum Gasteiger partial charge on any atom is 0.123 e. The molecule has 0 aliphatic heterocycles. The van der Waals surface area contributed by atoms with Crippen LogP contribution in [0.1, 0.15) is 77.2 Å². The van der Waals surface area contributed by atoms with E-state index in [-0.39, 0.29) is 5.82 Å². The summed E-state index contributed by atoms with van der Waals surface area (Å²) in [6, 6.07) is 7.23. The molecule has 1 aliphatic carbocycles. The first-order valence-corrected chi connectivity index (χ1v) is 8.85. The lowest BCUT2D eigenvalue weighted by Gasteiger charge is -2.33. The quantitative estimate of drug-likeness (QED) is 0.556. The highest BCUT2D eigenvalue weighted by atomic mass is 19.1. The first-order valence-electron chi connectivity index (χ1n) is 8.85. The number of hydrogen-bond acceptors (Lipinski definition) is 0. The van der Waals surface area contributed by atoms with Gasteiger partial charge in [-0.2, -0.15) is 0 Å². The molecule has 0 spiro atoms. The Hall–Kier alpha value is -0.850. The normalized spacial score (nSPS) is 25.5. The molecule has 1 saturated carbocycles. The van der Waals surface area contributed by atoms with Crippen molar-refractivity contribution in [1.29, 1.82) is 0 Å². The summed E-state index contributed by atoms with van der Waals surface area (Å²) in [4.78, 5) is 0. The van der Waals surface area contributed by atoms with Crippen LogP contribution in [0, 0.1) is 23.6 Å². The third-order valence-electron chi connectivity index (χ3n) is 5.71.